The van der Waals surface area contributed by atoms with Gasteiger partial charge in [0, 0.05) is 36.7 Å². The number of carbonyl (C=O) groups is 1. The summed E-state index contributed by atoms with van der Waals surface area (Å²) in [5.74, 6) is -0.210. The summed E-state index contributed by atoms with van der Waals surface area (Å²) in [5.41, 5.74) is 3.13. The van der Waals surface area contributed by atoms with Crippen molar-refractivity contribution in [3.63, 3.8) is 0 Å². The van der Waals surface area contributed by atoms with Crippen LogP contribution in [0.25, 0.3) is 5.69 Å². The molecule has 1 aromatic carbocycles. The highest BCUT2D eigenvalue weighted by Crippen LogP contribution is 2.39. The van der Waals surface area contributed by atoms with E-state index >= 15 is 0 Å². The summed E-state index contributed by atoms with van der Waals surface area (Å²) in [5, 5.41) is 4.12. The van der Waals surface area contributed by atoms with Crippen molar-refractivity contribution in [2.24, 2.45) is 0 Å². The first-order chi connectivity index (χ1) is 14.7. The normalized spacial score (nSPS) is 18.3. The van der Waals surface area contributed by atoms with E-state index in [9.17, 15) is 4.79 Å². The second-order valence-corrected chi connectivity index (χ2v) is 7.52. The van der Waals surface area contributed by atoms with Crippen LogP contribution in [0.2, 0.25) is 0 Å². The van der Waals surface area contributed by atoms with Gasteiger partial charge in [-0.15, -0.1) is 0 Å². The molecule has 0 aliphatic carbocycles. The first-order valence-corrected chi connectivity index (χ1v) is 10.4. The van der Waals surface area contributed by atoms with Crippen molar-refractivity contribution in [2.75, 3.05) is 13.7 Å². The van der Waals surface area contributed by atoms with Crippen LogP contribution in [0.5, 0.6) is 0 Å². The fourth-order valence-corrected chi connectivity index (χ4v) is 4.25. The van der Waals surface area contributed by atoms with E-state index in [-0.39, 0.29) is 18.1 Å². The summed E-state index contributed by atoms with van der Waals surface area (Å²) in [6.07, 6.45) is 4.88. The summed E-state index contributed by atoms with van der Waals surface area (Å²) in [7, 11) is 1.41. The van der Waals surface area contributed by atoms with Crippen LogP contribution in [0.3, 0.4) is 0 Å². The quantitative estimate of drug-likeness (QED) is 0.464. The number of esters is 1. The summed E-state index contributed by atoms with van der Waals surface area (Å²) in [4.78, 5) is 18.3. The van der Waals surface area contributed by atoms with Crippen LogP contribution in [0.15, 0.2) is 73.1 Å². The highest BCUT2D eigenvalue weighted by molar-refractivity contribution is 7.80. The van der Waals surface area contributed by atoms with Crippen molar-refractivity contribution in [3.05, 3.63) is 84.4 Å². The number of carbonyl (C=O) groups excluding carboxylic acids is 1. The molecule has 0 unspecified atom stereocenters. The molecule has 1 saturated heterocycles. The van der Waals surface area contributed by atoms with Gasteiger partial charge in [-0.2, -0.15) is 0 Å². The molecule has 0 saturated carbocycles. The summed E-state index contributed by atoms with van der Waals surface area (Å²) in [6.45, 7) is 0.648. The Hall–Kier alpha value is -3.19. The van der Waals surface area contributed by atoms with Crippen LogP contribution in [0, 0.1) is 0 Å². The zero-order valence-electron chi connectivity index (χ0n) is 16.8. The lowest BCUT2D eigenvalue weighted by Crippen LogP contribution is -2.31. The number of para-hydroxylation sites is 1. The molecule has 4 rings (SSSR count). The molecule has 2 aromatic heterocycles. The van der Waals surface area contributed by atoms with Crippen LogP contribution < -0.4 is 5.32 Å². The van der Waals surface area contributed by atoms with Crippen LogP contribution in [0.4, 0.5) is 0 Å². The van der Waals surface area contributed by atoms with E-state index in [0.717, 1.165) is 17.1 Å². The Bertz CT molecular complexity index is 1010. The van der Waals surface area contributed by atoms with E-state index < -0.39 is 0 Å². The van der Waals surface area contributed by atoms with E-state index in [2.05, 4.69) is 44.2 Å². The molecule has 7 heteroatoms. The van der Waals surface area contributed by atoms with Gasteiger partial charge in [0.15, 0.2) is 5.11 Å². The molecule has 2 atom stereocenters. The van der Waals surface area contributed by atoms with Gasteiger partial charge < -0.3 is 19.5 Å². The smallest absolute Gasteiger partial charge is 0.305 e. The minimum atomic E-state index is -0.210. The van der Waals surface area contributed by atoms with Crippen molar-refractivity contribution in [3.8, 4) is 5.69 Å². The fourth-order valence-electron chi connectivity index (χ4n) is 3.92. The number of benzene rings is 1. The molecule has 3 heterocycles. The lowest BCUT2D eigenvalue weighted by molar-refractivity contribution is -0.140. The Morgan fingerprint density at radius 1 is 1.13 bits per heavy atom. The number of thiocarbonyl (C=S) groups is 1. The van der Waals surface area contributed by atoms with Gasteiger partial charge in [-0.1, -0.05) is 24.3 Å². The number of hydrogen-bond acceptors (Lipinski definition) is 4. The van der Waals surface area contributed by atoms with Gasteiger partial charge in [0.25, 0.3) is 0 Å². The Kier molecular flexibility index (Phi) is 6.09. The average molecular weight is 421 g/mol. The molecule has 6 nitrogen and oxygen atoms in total. The molecule has 1 aliphatic rings. The largest absolute Gasteiger partial charge is 0.469 e. The second-order valence-electron chi connectivity index (χ2n) is 7.14. The standard InChI is InChI=1S/C23H24N4O2S/c1-29-20(28)13-8-16-27-22(21(25-23(27)30)18-11-5-6-14-24-18)19-12-7-15-26(19)17-9-3-2-4-10-17/h2-7,9-12,14-15,21-22H,8,13,16H2,1H3,(H,25,30)/t21-,22-/m0/s1. The first kappa shape index (κ1) is 20.1. The molecule has 0 amide bonds. The van der Waals surface area contributed by atoms with Gasteiger partial charge in [-0.05, 0) is 55.0 Å². The molecule has 0 radical (unpaired) electrons. The van der Waals surface area contributed by atoms with E-state index in [0.29, 0.717) is 24.5 Å². The highest BCUT2D eigenvalue weighted by Gasteiger charge is 2.41. The molecular weight excluding hydrogens is 396 g/mol. The highest BCUT2D eigenvalue weighted by atomic mass is 32.1. The van der Waals surface area contributed by atoms with Gasteiger partial charge in [-0.25, -0.2) is 0 Å². The van der Waals surface area contributed by atoms with Crippen molar-refractivity contribution in [1.82, 2.24) is 19.8 Å². The zero-order chi connectivity index (χ0) is 20.9. The fraction of sp³-hybridized carbons (Fsp3) is 0.261. The molecule has 0 bridgehead atoms. The third-order valence-electron chi connectivity index (χ3n) is 5.32. The molecule has 0 spiro atoms. The number of aromatic nitrogens is 2. The van der Waals surface area contributed by atoms with Gasteiger partial charge >= 0.3 is 5.97 Å². The van der Waals surface area contributed by atoms with Gasteiger partial charge in [0.1, 0.15) is 0 Å². The SMILES string of the molecule is COC(=O)CCCN1C(=S)N[C@@H](c2ccccn2)[C@@H]1c1cccn1-c1ccccc1. The topological polar surface area (TPSA) is 59.4 Å². The number of nitrogens with one attached hydrogen (secondary N) is 1. The number of methoxy groups -OCH3 is 1. The van der Waals surface area contributed by atoms with Crippen LogP contribution in [-0.2, 0) is 9.53 Å². The predicted molar refractivity (Wildman–Crippen MR) is 119 cm³/mol. The van der Waals surface area contributed by atoms with Gasteiger partial charge in [0.05, 0.1) is 24.9 Å². The van der Waals surface area contributed by atoms with E-state index in [4.69, 9.17) is 17.0 Å². The van der Waals surface area contributed by atoms with Crippen LogP contribution >= 0.6 is 12.2 Å². The van der Waals surface area contributed by atoms with Gasteiger partial charge in [0.2, 0.25) is 0 Å². The molecule has 30 heavy (non-hydrogen) atoms. The van der Waals surface area contributed by atoms with Crippen LogP contribution in [0.1, 0.15) is 36.3 Å². The van der Waals surface area contributed by atoms with Crippen molar-refractivity contribution < 1.29 is 9.53 Å². The predicted octanol–water partition coefficient (Wildman–Crippen LogP) is 3.80. The molecule has 1 fully saturated rings. The Balaban J connectivity index is 1.70. The van der Waals surface area contributed by atoms with E-state index in [1.807, 2.05) is 42.5 Å². The third kappa shape index (κ3) is 4.07. The first-order valence-electron chi connectivity index (χ1n) is 9.96. The van der Waals surface area contributed by atoms with Crippen molar-refractivity contribution in [1.29, 1.82) is 0 Å². The minimum absolute atomic E-state index is 0.0553. The average Bonchev–Trinajstić information content (AvgIpc) is 3.39. The maximum Gasteiger partial charge on any atom is 0.305 e. The zero-order valence-corrected chi connectivity index (χ0v) is 17.6. The molecule has 3 aromatic rings. The van der Waals surface area contributed by atoms with Crippen LogP contribution in [-0.4, -0.2) is 39.2 Å². The lowest BCUT2D eigenvalue weighted by Gasteiger charge is -2.29. The Labute approximate surface area is 181 Å². The van der Waals surface area contributed by atoms with Crippen molar-refractivity contribution >= 4 is 23.3 Å². The molecule has 1 N–H and O–H groups in total. The number of pyridine rings is 1. The number of hydrogen-bond donors (Lipinski definition) is 1. The monoisotopic (exact) mass is 420 g/mol. The maximum atomic E-state index is 11.6. The molecular formula is C23H24N4O2S. The third-order valence-corrected chi connectivity index (χ3v) is 5.68. The van der Waals surface area contributed by atoms with Gasteiger partial charge in [-0.3, -0.25) is 9.78 Å². The van der Waals surface area contributed by atoms with E-state index in [1.54, 1.807) is 6.20 Å². The Morgan fingerprint density at radius 2 is 1.93 bits per heavy atom. The maximum absolute atomic E-state index is 11.6. The van der Waals surface area contributed by atoms with Crippen molar-refractivity contribution in [2.45, 2.75) is 24.9 Å². The summed E-state index contributed by atoms with van der Waals surface area (Å²) in [6, 6.07) is 20.2. The second kappa shape index (κ2) is 9.09. The Morgan fingerprint density at radius 3 is 2.67 bits per heavy atom. The minimum Gasteiger partial charge on any atom is -0.469 e. The molecule has 1 aliphatic heterocycles. The number of ether oxygens (including phenoxy) is 1. The number of rotatable bonds is 7. The summed E-state index contributed by atoms with van der Waals surface area (Å²) < 4.78 is 6.97. The number of nitrogens with zero attached hydrogens (tertiary/aromatic N) is 3. The lowest BCUT2D eigenvalue weighted by atomic mass is 10.0. The summed E-state index contributed by atoms with van der Waals surface area (Å²) >= 11 is 5.70. The van der Waals surface area contributed by atoms with E-state index in [1.165, 1.54) is 7.11 Å². The molecule has 154 valence electrons.